The van der Waals surface area contributed by atoms with Crippen molar-refractivity contribution in [2.75, 3.05) is 19.8 Å². The van der Waals surface area contributed by atoms with Gasteiger partial charge in [-0.05, 0) is 30.3 Å². The zero-order valence-electron chi connectivity index (χ0n) is 11.7. The van der Waals surface area contributed by atoms with Crippen LogP contribution in [-0.2, 0) is 16.2 Å². The van der Waals surface area contributed by atoms with Crippen LogP contribution in [0.2, 0.25) is 0 Å². The molecule has 0 fully saturated rings. The minimum absolute atomic E-state index is 0.0457. The number of benzene rings is 1. The molecule has 0 saturated carbocycles. The molecule has 0 amide bonds. The molecular weight excluding hydrogens is 337 g/mol. The molecule has 0 bridgehead atoms. The quantitative estimate of drug-likeness (QED) is 0.864. The highest BCUT2D eigenvalue weighted by Crippen LogP contribution is 2.38. The predicted octanol–water partition coefficient (Wildman–Crippen LogP) is 3.27. The molecule has 0 unspecified atom stereocenters. The van der Waals surface area contributed by atoms with Crippen LogP contribution in [0.1, 0.15) is 5.56 Å². The maximum Gasteiger partial charge on any atom is 0.416 e. The number of nitrogen functional groups attached to an aromatic ring is 1. The van der Waals surface area contributed by atoms with Crippen LogP contribution >= 0.6 is 11.3 Å². The molecule has 22 heavy (non-hydrogen) atoms. The highest BCUT2D eigenvalue weighted by molar-refractivity contribution is 7.91. The summed E-state index contributed by atoms with van der Waals surface area (Å²) in [7, 11) is -0.862. The van der Waals surface area contributed by atoms with E-state index in [2.05, 4.69) is 0 Å². The van der Waals surface area contributed by atoms with Gasteiger partial charge in [0.05, 0.1) is 5.56 Å². The van der Waals surface area contributed by atoms with E-state index in [1.54, 1.807) is 0 Å². The number of hydrogen-bond donors (Lipinski definition) is 1. The Morgan fingerprint density at radius 1 is 1.14 bits per heavy atom. The van der Waals surface area contributed by atoms with Gasteiger partial charge in [0, 0.05) is 30.2 Å². The first-order chi connectivity index (χ1) is 10.0. The van der Waals surface area contributed by atoms with Crippen molar-refractivity contribution in [3.63, 3.8) is 0 Å². The fourth-order valence-corrected chi connectivity index (χ4v) is 4.24. The lowest BCUT2D eigenvalue weighted by molar-refractivity contribution is -0.137. The molecule has 120 valence electrons. The Kier molecular flexibility index (Phi) is 4.24. The number of hydrogen-bond acceptors (Lipinski definition) is 4. The van der Waals surface area contributed by atoms with Crippen molar-refractivity contribution in [2.45, 2.75) is 10.4 Å². The Labute approximate surface area is 130 Å². The topological polar surface area (TPSA) is 63.4 Å². The van der Waals surface area contributed by atoms with Crippen molar-refractivity contribution in [3.8, 4) is 10.4 Å². The van der Waals surface area contributed by atoms with Gasteiger partial charge >= 0.3 is 6.18 Å². The molecule has 9 heteroatoms. The number of nitrogens with zero attached hydrogens (tertiary/aromatic N) is 1. The third-order valence-corrected chi connectivity index (χ3v) is 6.36. The first-order valence-corrected chi connectivity index (χ1v) is 8.28. The summed E-state index contributed by atoms with van der Waals surface area (Å²) in [5.41, 5.74) is 5.21. The summed E-state index contributed by atoms with van der Waals surface area (Å²) in [4.78, 5) is 0.365. The molecule has 1 heterocycles. The lowest BCUT2D eigenvalue weighted by Gasteiger charge is -2.10. The molecule has 0 aliphatic rings. The zero-order chi connectivity index (χ0) is 16.7. The van der Waals surface area contributed by atoms with Crippen LogP contribution in [0.4, 0.5) is 18.9 Å². The Hall–Kier alpha value is -1.58. The number of sulfonamides is 1. The average molecular weight is 350 g/mol. The monoisotopic (exact) mass is 350 g/mol. The predicted molar refractivity (Wildman–Crippen MR) is 80.0 cm³/mol. The molecule has 0 atom stereocenters. The summed E-state index contributed by atoms with van der Waals surface area (Å²) >= 11 is 0.878. The molecule has 1 aromatic heterocycles. The van der Waals surface area contributed by atoms with Gasteiger partial charge in [-0.25, -0.2) is 12.7 Å². The van der Waals surface area contributed by atoms with Crippen LogP contribution in [0.5, 0.6) is 0 Å². The third kappa shape index (κ3) is 3.11. The van der Waals surface area contributed by atoms with E-state index >= 15 is 0 Å². The van der Waals surface area contributed by atoms with E-state index in [-0.39, 0.29) is 15.5 Å². The molecule has 0 saturated heterocycles. The van der Waals surface area contributed by atoms with Gasteiger partial charge in [0.2, 0.25) is 0 Å². The van der Waals surface area contributed by atoms with Crippen molar-refractivity contribution in [1.29, 1.82) is 0 Å². The summed E-state index contributed by atoms with van der Waals surface area (Å²) < 4.78 is 63.4. The zero-order valence-corrected chi connectivity index (χ0v) is 13.3. The van der Waals surface area contributed by atoms with Gasteiger partial charge in [-0.2, -0.15) is 13.2 Å². The minimum atomic E-state index is -4.49. The Bertz CT molecular complexity index is 796. The SMILES string of the molecule is CN(C)S(=O)(=O)c1ccc(-c2cc(C(F)(F)F)ccc2N)s1. The van der Waals surface area contributed by atoms with Gasteiger partial charge in [-0.15, -0.1) is 11.3 Å². The molecule has 2 N–H and O–H groups in total. The average Bonchev–Trinajstić information content (AvgIpc) is 2.87. The number of thiophene rings is 1. The summed E-state index contributed by atoms with van der Waals surface area (Å²) in [6, 6.07) is 5.79. The smallest absolute Gasteiger partial charge is 0.398 e. The number of rotatable bonds is 3. The van der Waals surface area contributed by atoms with Crippen molar-refractivity contribution in [1.82, 2.24) is 4.31 Å². The molecule has 1 aromatic carbocycles. The molecular formula is C13H13F3N2O2S2. The second kappa shape index (κ2) is 5.56. The second-order valence-electron chi connectivity index (χ2n) is 4.71. The lowest BCUT2D eigenvalue weighted by atomic mass is 10.1. The Morgan fingerprint density at radius 3 is 2.32 bits per heavy atom. The van der Waals surface area contributed by atoms with E-state index in [9.17, 15) is 21.6 Å². The lowest BCUT2D eigenvalue weighted by Crippen LogP contribution is -2.21. The van der Waals surface area contributed by atoms with E-state index in [1.807, 2.05) is 0 Å². The first-order valence-electron chi connectivity index (χ1n) is 6.03. The number of nitrogens with two attached hydrogens (primary N) is 1. The van der Waals surface area contributed by atoms with Gasteiger partial charge in [0.15, 0.2) is 0 Å². The molecule has 0 radical (unpaired) electrons. The van der Waals surface area contributed by atoms with Crippen molar-refractivity contribution >= 4 is 27.0 Å². The van der Waals surface area contributed by atoms with E-state index in [0.717, 1.165) is 33.8 Å². The molecule has 2 aromatic rings. The third-order valence-electron chi connectivity index (χ3n) is 2.96. The summed E-state index contributed by atoms with van der Waals surface area (Å²) in [5, 5.41) is 0. The van der Waals surface area contributed by atoms with Gasteiger partial charge in [-0.1, -0.05) is 0 Å². The standard InChI is InChI=1S/C13H13F3N2O2S2/c1-18(2)22(19,20)12-6-5-11(21-12)9-7-8(13(14,15)16)3-4-10(9)17/h3-7H,17H2,1-2H3. The van der Waals surface area contributed by atoms with E-state index < -0.39 is 21.8 Å². The summed E-state index contributed by atoms with van der Waals surface area (Å²) in [6.45, 7) is 0. The van der Waals surface area contributed by atoms with Gasteiger partial charge in [0.25, 0.3) is 10.0 Å². The Balaban J connectivity index is 2.53. The van der Waals surface area contributed by atoms with Crippen LogP contribution in [0.25, 0.3) is 10.4 Å². The van der Waals surface area contributed by atoms with Crippen LogP contribution in [0, 0.1) is 0 Å². The fourth-order valence-electron chi connectivity index (χ4n) is 1.73. The highest BCUT2D eigenvalue weighted by atomic mass is 32.2. The Morgan fingerprint density at radius 2 is 1.77 bits per heavy atom. The summed E-state index contributed by atoms with van der Waals surface area (Å²) in [5.74, 6) is 0. The maximum atomic E-state index is 12.8. The molecule has 2 rings (SSSR count). The van der Waals surface area contributed by atoms with Gasteiger partial charge in [-0.3, -0.25) is 0 Å². The molecule has 0 aliphatic heterocycles. The largest absolute Gasteiger partial charge is 0.416 e. The normalized spacial score (nSPS) is 12.8. The molecule has 0 aliphatic carbocycles. The van der Waals surface area contributed by atoms with E-state index in [0.29, 0.717) is 4.88 Å². The van der Waals surface area contributed by atoms with Crippen LogP contribution in [0.3, 0.4) is 0 Å². The van der Waals surface area contributed by atoms with E-state index in [1.165, 1.54) is 26.2 Å². The first kappa shape index (κ1) is 16.8. The second-order valence-corrected chi connectivity index (χ2v) is 8.17. The van der Waals surface area contributed by atoms with Crippen LogP contribution in [-0.4, -0.2) is 26.8 Å². The van der Waals surface area contributed by atoms with Crippen LogP contribution in [0.15, 0.2) is 34.5 Å². The maximum absolute atomic E-state index is 12.8. The fraction of sp³-hybridized carbons (Fsp3) is 0.231. The number of alkyl halides is 3. The minimum Gasteiger partial charge on any atom is -0.398 e. The highest BCUT2D eigenvalue weighted by Gasteiger charge is 2.31. The van der Waals surface area contributed by atoms with Crippen molar-refractivity contribution in [3.05, 3.63) is 35.9 Å². The van der Waals surface area contributed by atoms with E-state index in [4.69, 9.17) is 5.73 Å². The van der Waals surface area contributed by atoms with Gasteiger partial charge in [0.1, 0.15) is 4.21 Å². The molecule has 4 nitrogen and oxygen atoms in total. The van der Waals surface area contributed by atoms with Crippen LogP contribution < -0.4 is 5.73 Å². The van der Waals surface area contributed by atoms with Gasteiger partial charge < -0.3 is 5.73 Å². The van der Waals surface area contributed by atoms with Crippen molar-refractivity contribution < 1.29 is 21.6 Å². The molecule has 0 spiro atoms. The van der Waals surface area contributed by atoms with Crippen molar-refractivity contribution in [2.24, 2.45) is 0 Å². The number of anilines is 1. The summed E-state index contributed by atoms with van der Waals surface area (Å²) in [6.07, 6.45) is -4.49. The number of halogens is 3.